The Kier molecular flexibility index (Phi) is 4.52. The Morgan fingerprint density at radius 3 is 2.40 bits per heavy atom. The lowest BCUT2D eigenvalue weighted by molar-refractivity contribution is 0.475. The molecule has 0 amide bonds. The molecule has 2 N–H and O–H groups in total. The topological polar surface area (TPSA) is 66.4 Å². The number of hydrogen-bond acceptors (Lipinski definition) is 3. The van der Waals surface area contributed by atoms with Gasteiger partial charge in [-0.15, -0.1) is 11.6 Å². The first-order chi connectivity index (χ1) is 9.51. The first-order valence-electron chi connectivity index (χ1n) is 5.98. The summed E-state index contributed by atoms with van der Waals surface area (Å²) in [6.45, 7) is 0. The lowest BCUT2D eigenvalue weighted by Gasteiger charge is -2.09. The fraction of sp³-hybridized carbons (Fsp3) is 0.143. The van der Waals surface area contributed by atoms with Crippen LogP contribution < -0.4 is 4.72 Å². The van der Waals surface area contributed by atoms with Gasteiger partial charge in [0.25, 0.3) is 10.0 Å². The van der Waals surface area contributed by atoms with E-state index in [1.165, 1.54) is 24.3 Å². The Balaban J connectivity index is 2.21. The maximum absolute atomic E-state index is 12.2. The van der Waals surface area contributed by atoms with Crippen LogP contribution in [0.25, 0.3) is 0 Å². The smallest absolute Gasteiger partial charge is 0.261 e. The Morgan fingerprint density at radius 1 is 1.10 bits per heavy atom. The molecule has 2 aromatic rings. The molecule has 0 bridgehead atoms. The van der Waals surface area contributed by atoms with Gasteiger partial charge in [0.1, 0.15) is 5.75 Å². The molecule has 2 rings (SSSR count). The van der Waals surface area contributed by atoms with Gasteiger partial charge < -0.3 is 5.11 Å². The lowest BCUT2D eigenvalue weighted by atomic mass is 10.2. The van der Waals surface area contributed by atoms with Crippen molar-refractivity contribution >= 4 is 27.3 Å². The predicted octanol–water partition coefficient (Wildman–Crippen LogP) is 2.97. The number of anilines is 1. The summed E-state index contributed by atoms with van der Waals surface area (Å²) in [5.74, 6) is 0.496. The first-order valence-corrected chi connectivity index (χ1v) is 8.00. The maximum Gasteiger partial charge on any atom is 0.261 e. The van der Waals surface area contributed by atoms with Crippen molar-refractivity contribution in [1.29, 1.82) is 0 Å². The second-order valence-corrected chi connectivity index (χ2v) is 6.30. The molecule has 0 heterocycles. The van der Waals surface area contributed by atoms with E-state index in [1.807, 2.05) is 0 Å². The van der Waals surface area contributed by atoms with Crippen LogP contribution >= 0.6 is 11.6 Å². The van der Waals surface area contributed by atoms with Crippen molar-refractivity contribution in [2.45, 2.75) is 11.3 Å². The van der Waals surface area contributed by atoms with Gasteiger partial charge in [0.2, 0.25) is 0 Å². The highest BCUT2D eigenvalue weighted by Crippen LogP contribution is 2.20. The van der Waals surface area contributed by atoms with E-state index in [0.717, 1.165) is 5.56 Å². The monoisotopic (exact) mass is 311 g/mol. The third kappa shape index (κ3) is 3.65. The highest BCUT2D eigenvalue weighted by atomic mass is 35.5. The van der Waals surface area contributed by atoms with Gasteiger partial charge in [0.05, 0.1) is 10.6 Å². The molecule has 20 heavy (non-hydrogen) atoms. The normalized spacial score (nSPS) is 11.2. The zero-order valence-electron chi connectivity index (χ0n) is 10.6. The summed E-state index contributed by atoms with van der Waals surface area (Å²) in [6.07, 6.45) is 0.696. The van der Waals surface area contributed by atoms with Crippen LogP contribution in [0.4, 0.5) is 5.69 Å². The number of aryl methyl sites for hydroxylation is 1. The molecule has 0 spiro atoms. The number of halogens is 1. The Bertz CT molecular complexity index is 684. The Morgan fingerprint density at radius 2 is 1.80 bits per heavy atom. The van der Waals surface area contributed by atoms with Crippen LogP contribution in [-0.4, -0.2) is 19.4 Å². The summed E-state index contributed by atoms with van der Waals surface area (Å²) >= 11 is 5.63. The number of hydrogen-bond donors (Lipinski definition) is 2. The third-order valence-electron chi connectivity index (χ3n) is 2.72. The van der Waals surface area contributed by atoms with Crippen molar-refractivity contribution in [3.8, 4) is 5.75 Å². The number of alkyl halides is 1. The van der Waals surface area contributed by atoms with Gasteiger partial charge in [-0.1, -0.05) is 18.2 Å². The van der Waals surface area contributed by atoms with Gasteiger partial charge in [0.15, 0.2) is 0 Å². The van der Waals surface area contributed by atoms with Gasteiger partial charge in [0, 0.05) is 11.9 Å². The summed E-state index contributed by atoms with van der Waals surface area (Å²) < 4.78 is 26.7. The predicted molar refractivity (Wildman–Crippen MR) is 79.8 cm³/mol. The standard InChI is InChI=1S/C14H14ClNO3S/c15-9-8-11-4-6-14(7-5-11)20(18,19)16-12-2-1-3-13(17)10-12/h1-7,10,16-17H,8-9H2. The molecule has 0 aliphatic heterocycles. The fourth-order valence-electron chi connectivity index (χ4n) is 1.73. The molecule has 4 nitrogen and oxygen atoms in total. The number of nitrogens with one attached hydrogen (secondary N) is 1. The van der Waals surface area contributed by atoms with Crippen molar-refractivity contribution in [2.24, 2.45) is 0 Å². The van der Waals surface area contributed by atoms with Gasteiger partial charge in [-0.3, -0.25) is 4.72 Å². The fourth-order valence-corrected chi connectivity index (χ4v) is 3.00. The van der Waals surface area contributed by atoms with Gasteiger partial charge >= 0.3 is 0 Å². The van der Waals surface area contributed by atoms with Crippen molar-refractivity contribution in [1.82, 2.24) is 0 Å². The molecule has 0 saturated heterocycles. The molecule has 0 aliphatic carbocycles. The van der Waals surface area contributed by atoms with Crippen LogP contribution in [0.1, 0.15) is 5.56 Å². The first kappa shape index (κ1) is 14.7. The Labute approximate surface area is 123 Å². The number of rotatable bonds is 5. The number of phenols is 1. The van der Waals surface area contributed by atoms with Gasteiger partial charge in [-0.05, 0) is 36.2 Å². The molecule has 0 radical (unpaired) electrons. The highest BCUT2D eigenvalue weighted by molar-refractivity contribution is 7.92. The van der Waals surface area contributed by atoms with E-state index >= 15 is 0 Å². The SMILES string of the molecule is O=S(=O)(Nc1cccc(O)c1)c1ccc(CCCl)cc1. The van der Waals surface area contributed by atoms with Crippen LogP contribution in [0.3, 0.4) is 0 Å². The second kappa shape index (κ2) is 6.15. The van der Waals surface area contributed by atoms with E-state index in [9.17, 15) is 13.5 Å². The summed E-state index contributed by atoms with van der Waals surface area (Å²) in [6, 6.07) is 12.5. The van der Waals surface area contributed by atoms with Crippen molar-refractivity contribution in [3.05, 3.63) is 54.1 Å². The molecule has 0 atom stereocenters. The van der Waals surface area contributed by atoms with E-state index in [0.29, 0.717) is 18.0 Å². The van der Waals surface area contributed by atoms with Crippen LogP contribution in [0.2, 0.25) is 0 Å². The minimum atomic E-state index is -3.66. The second-order valence-electron chi connectivity index (χ2n) is 4.24. The minimum absolute atomic E-state index is 0.00246. The van der Waals surface area contributed by atoms with Gasteiger partial charge in [-0.2, -0.15) is 0 Å². The van der Waals surface area contributed by atoms with E-state index in [-0.39, 0.29) is 10.6 Å². The largest absolute Gasteiger partial charge is 0.508 e. The molecule has 0 aromatic heterocycles. The number of sulfonamides is 1. The molecule has 6 heteroatoms. The molecule has 106 valence electrons. The average molecular weight is 312 g/mol. The summed E-state index contributed by atoms with van der Waals surface area (Å²) in [4.78, 5) is 0.166. The van der Waals surface area contributed by atoms with Crippen LogP contribution in [0, 0.1) is 0 Å². The van der Waals surface area contributed by atoms with E-state index in [1.54, 1.807) is 24.3 Å². The zero-order valence-corrected chi connectivity index (χ0v) is 12.2. The van der Waals surface area contributed by atoms with E-state index < -0.39 is 10.0 Å². The van der Waals surface area contributed by atoms with Crippen LogP contribution in [0.15, 0.2) is 53.4 Å². The average Bonchev–Trinajstić information content (AvgIpc) is 2.39. The number of phenolic OH excluding ortho intramolecular Hbond substituents is 1. The summed E-state index contributed by atoms with van der Waals surface area (Å²) in [7, 11) is -3.66. The zero-order chi connectivity index (χ0) is 14.6. The van der Waals surface area contributed by atoms with Crippen molar-refractivity contribution in [3.63, 3.8) is 0 Å². The van der Waals surface area contributed by atoms with Gasteiger partial charge in [-0.25, -0.2) is 8.42 Å². The molecule has 0 aliphatic rings. The quantitative estimate of drug-likeness (QED) is 0.834. The summed E-state index contributed by atoms with van der Waals surface area (Å²) in [5, 5.41) is 9.33. The van der Waals surface area contributed by atoms with E-state index in [4.69, 9.17) is 11.6 Å². The molecular weight excluding hydrogens is 298 g/mol. The van der Waals surface area contributed by atoms with Crippen LogP contribution in [-0.2, 0) is 16.4 Å². The van der Waals surface area contributed by atoms with Crippen molar-refractivity contribution < 1.29 is 13.5 Å². The molecule has 0 fully saturated rings. The van der Waals surface area contributed by atoms with E-state index in [2.05, 4.69) is 4.72 Å². The highest BCUT2D eigenvalue weighted by Gasteiger charge is 2.14. The Hall–Kier alpha value is -1.72. The summed E-state index contributed by atoms with van der Waals surface area (Å²) in [5.41, 5.74) is 1.30. The molecule has 0 unspecified atom stereocenters. The lowest BCUT2D eigenvalue weighted by Crippen LogP contribution is -2.12. The molecule has 0 saturated carbocycles. The molecular formula is C14H14ClNO3S. The minimum Gasteiger partial charge on any atom is -0.508 e. The number of aromatic hydroxyl groups is 1. The molecule has 2 aromatic carbocycles. The number of benzene rings is 2. The van der Waals surface area contributed by atoms with Crippen LogP contribution in [0.5, 0.6) is 5.75 Å². The third-order valence-corrected chi connectivity index (χ3v) is 4.30. The van der Waals surface area contributed by atoms with Crippen molar-refractivity contribution in [2.75, 3.05) is 10.6 Å². The maximum atomic E-state index is 12.2.